The van der Waals surface area contributed by atoms with Gasteiger partial charge in [-0.2, -0.15) is 0 Å². The van der Waals surface area contributed by atoms with Crippen LogP contribution in [0, 0.1) is 6.92 Å². The van der Waals surface area contributed by atoms with Gasteiger partial charge in [0.05, 0.1) is 18.6 Å². The van der Waals surface area contributed by atoms with E-state index in [9.17, 15) is 0 Å². The van der Waals surface area contributed by atoms with Gasteiger partial charge in [0.1, 0.15) is 10.7 Å². The van der Waals surface area contributed by atoms with Gasteiger partial charge in [0.2, 0.25) is 0 Å². The van der Waals surface area contributed by atoms with Gasteiger partial charge in [-0.05, 0) is 13.3 Å². The van der Waals surface area contributed by atoms with Gasteiger partial charge >= 0.3 is 0 Å². The van der Waals surface area contributed by atoms with E-state index in [0.29, 0.717) is 0 Å². The monoisotopic (exact) mass is 273 g/mol. The van der Waals surface area contributed by atoms with E-state index in [4.69, 9.17) is 0 Å². The highest BCUT2D eigenvalue weighted by Crippen LogP contribution is 2.20. The van der Waals surface area contributed by atoms with Crippen molar-refractivity contribution >= 4 is 11.3 Å². The average Bonchev–Trinajstić information content (AvgIpc) is 3.10. The molecule has 1 N–H and O–H groups in total. The Morgan fingerprint density at radius 3 is 2.95 bits per heavy atom. The van der Waals surface area contributed by atoms with Crippen LogP contribution in [-0.2, 0) is 13.0 Å². The summed E-state index contributed by atoms with van der Waals surface area (Å²) in [7, 11) is 0. The lowest BCUT2D eigenvalue weighted by atomic mass is 10.3. The van der Waals surface area contributed by atoms with E-state index in [-0.39, 0.29) is 0 Å². The first-order chi connectivity index (χ1) is 9.28. The van der Waals surface area contributed by atoms with Crippen molar-refractivity contribution in [1.82, 2.24) is 24.5 Å². The molecule has 0 saturated heterocycles. The Bertz CT molecular complexity index is 679. The maximum atomic E-state index is 4.59. The zero-order valence-corrected chi connectivity index (χ0v) is 11.7. The first-order valence-corrected chi connectivity index (χ1v) is 7.10. The molecular formula is C13H15N5S. The second-order valence-corrected chi connectivity index (χ2v) is 5.28. The van der Waals surface area contributed by atoms with Crippen molar-refractivity contribution < 1.29 is 0 Å². The van der Waals surface area contributed by atoms with Gasteiger partial charge in [0.25, 0.3) is 0 Å². The Kier molecular flexibility index (Phi) is 3.16. The van der Waals surface area contributed by atoms with Crippen LogP contribution < -0.4 is 0 Å². The summed E-state index contributed by atoms with van der Waals surface area (Å²) in [5, 5.41) is 3.22. The number of imidazole rings is 2. The maximum absolute atomic E-state index is 4.59. The van der Waals surface area contributed by atoms with Gasteiger partial charge in [-0.25, -0.2) is 15.0 Å². The van der Waals surface area contributed by atoms with Crippen LogP contribution in [0.3, 0.4) is 0 Å². The van der Waals surface area contributed by atoms with Gasteiger partial charge in [0.15, 0.2) is 5.82 Å². The molecule has 0 bridgehead atoms. The quantitative estimate of drug-likeness (QED) is 0.795. The van der Waals surface area contributed by atoms with Crippen molar-refractivity contribution in [2.75, 3.05) is 0 Å². The van der Waals surface area contributed by atoms with Crippen LogP contribution in [-0.4, -0.2) is 24.5 Å². The number of nitrogens with one attached hydrogen (secondary N) is 1. The van der Waals surface area contributed by atoms with Crippen LogP contribution in [0.1, 0.15) is 23.3 Å². The molecule has 3 heterocycles. The summed E-state index contributed by atoms with van der Waals surface area (Å²) in [5.41, 5.74) is 3.08. The van der Waals surface area contributed by atoms with E-state index in [1.165, 1.54) is 0 Å². The van der Waals surface area contributed by atoms with E-state index in [1.54, 1.807) is 23.9 Å². The number of hydrogen-bond donors (Lipinski definition) is 1. The minimum Gasteiger partial charge on any atom is -0.348 e. The number of rotatable bonds is 4. The molecule has 0 fully saturated rings. The second kappa shape index (κ2) is 4.97. The molecule has 0 aromatic carbocycles. The fraction of sp³-hybridized carbons (Fsp3) is 0.308. The Morgan fingerprint density at radius 1 is 1.37 bits per heavy atom. The lowest BCUT2D eigenvalue weighted by Gasteiger charge is -2.04. The number of hydrogen-bond acceptors (Lipinski definition) is 4. The molecule has 0 atom stereocenters. The molecule has 3 aromatic rings. The molecule has 0 unspecified atom stereocenters. The molecule has 0 aliphatic rings. The first-order valence-electron chi connectivity index (χ1n) is 6.22. The molecule has 3 aromatic heterocycles. The highest BCUT2D eigenvalue weighted by Gasteiger charge is 2.12. The molecule has 0 radical (unpaired) electrons. The van der Waals surface area contributed by atoms with Crippen molar-refractivity contribution in [2.45, 2.75) is 26.8 Å². The topological polar surface area (TPSA) is 59.4 Å². The molecule has 0 aliphatic heterocycles. The Labute approximate surface area is 115 Å². The minimum atomic E-state index is 0.742. The highest BCUT2D eigenvalue weighted by molar-refractivity contribution is 7.09. The van der Waals surface area contributed by atoms with Gasteiger partial charge in [-0.3, -0.25) is 0 Å². The van der Waals surface area contributed by atoms with Gasteiger partial charge in [-0.15, -0.1) is 11.3 Å². The van der Waals surface area contributed by atoms with Crippen LogP contribution >= 0.6 is 11.3 Å². The Morgan fingerprint density at radius 2 is 2.26 bits per heavy atom. The maximum Gasteiger partial charge on any atom is 0.160 e. The summed E-state index contributed by atoms with van der Waals surface area (Å²) < 4.78 is 2.08. The van der Waals surface area contributed by atoms with Crippen molar-refractivity contribution in [3.8, 4) is 11.5 Å². The number of aromatic nitrogens is 5. The molecule has 5 nitrogen and oxygen atoms in total. The van der Waals surface area contributed by atoms with Crippen LogP contribution in [0.5, 0.6) is 0 Å². The molecule has 0 aliphatic carbocycles. The number of aromatic amines is 1. The molecule has 0 amide bonds. The summed E-state index contributed by atoms with van der Waals surface area (Å²) in [6.45, 7) is 4.86. The van der Waals surface area contributed by atoms with Crippen LogP contribution in [0.2, 0.25) is 0 Å². The van der Waals surface area contributed by atoms with Crippen molar-refractivity contribution in [3.05, 3.63) is 40.5 Å². The molecule has 6 heteroatoms. The number of aryl methyl sites for hydroxylation is 2. The van der Waals surface area contributed by atoms with Crippen LogP contribution in [0.4, 0.5) is 0 Å². The lowest BCUT2D eigenvalue weighted by molar-refractivity contribution is 0.791. The van der Waals surface area contributed by atoms with Crippen LogP contribution in [0.25, 0.3) is 11.5 Å². The third kappa shape index (κ3) is 2.31. The first kappa shape index (κ1) is 12.1. The van der Waals surface area contributed by atoms with Crippen LogP contribution in [0.15, 0.2) is 24.1 Å². The smallest absolute Gasteiger partial charge is 0.160 e. The fourth-order valence-electron chi connectivity index (χ4n) is 1.97. The van der Waals surface area contributed by atoms with Gasteiger partial charge in [-0.1, -0.05) is 6.92 Å². The Balaban J connectivity index is 1.90. The molecule has 98 valence electrons. The standard InChI is InChI=1S/C13H15N5S/c1-3-10-7-19-11(17-10)6-18-5-4-14-13(18)12-9(2)15-8-16-12/h4-5,7-8H,3,6H2,1-2H3,(H,15,16). The normalized spacial score (nSPS) is 11.1. The number of H-pyrrole nitrogens is 1. The zero-order chi connectivity index (χ0) is 13.2. The molecule has 0 spiro atoms. The largest absolute Gasteiger partial charge is 0.348 e. The van der Waals surface area contributed by atoms with Crippen molar-refractivity contribution in [2.24, 2.45) is 0 Å². The molecule has 19 heavy (non-hydrogen) atoms. The highest BCUT2D eigenvalue weighted by atomic mass is 32.1. The van der Waals surface area contributed by atoms with E-state index in [0.717, 1.165) is 40.9 Å². The molecular weight excluding hydrogens is 258 g/mol. The summed E-state index contributed by atoms with van der Waals surface area (Å²) in [4.78, 5) is 16.4. The predicted molar refractivity (Wildman–Crippen MR) is 75.1 cm³/mol. The Hall–Kier alpha value is -1.95. The molecule has 0 saturated carbocycles. The third-order valence-electron chi connectivity index (χ3n) is 3.02. The summed E-state index contributed by atoms with van der Waals surface area (Å²) in [5.74, 6) is 0.881. The molecule has 3 rings (SSSR count). The van der Waals surface area contributed by atoms with Gasteiger partial charge < -0.3 is 9.55 Å². The summed E-state index contributed by atoms with van der Waals surface area (Å²) >= 11 is 1.69. The minimum absolute atomic E-state index is 0.742. The zero-order valence-electron chi connectivity index (χ0n) is 10.9. The van der Waals surface area contributed by atoms with E-state index < -0.39 is 0 Å². The van der Waals surface area contributed by atoms with E-state index in [2.05, 4.69) is 36.8 Å². The fourth-order valence-corrected chi connectivity index (χ4v) is 2.84. The van der Waals surface area contributed by atoms with Crippen molar-refractivity contribution in [3.63, 3.8) is 0 Å². The van der Waals surface area contributed by atoms with E-state index >= 15 is 0 Å². The summed E-state index contributed by atoms with van der Waals surface area (Å²) in [6, 6.07) is 0. The number of nitrogens with zero attached hydrogens (tertiary/aromatic N) is 4. The van der Waals surface area contributed by atoms with Crippen molar-refractivity contribution in [1.29, 1.82) is 0 Å². The van der Waals surface area contributed by atoms with Gasteiger partial charge in [0, 0.05) is 23.5 Å². The number of thiazole rings is 1. The SMILES string of the molecule is CCc1csc(Cn2ccnc2-c2nc[nH]c2C)n1. The summed E-state index contributed by atoms with van der Waals surface area (Å²) in [6.07, 6.45) is 6.45. The third-order valence-corrected chi connectivity index (χ3v) is 3.91. The van der Waals surface area contributed by atoms with E-state index in [1.807, 2.05) is 13.1 Å². The predicted octanol–water partition coefficient (Wildman–Crippen LogP) is 2.65. The average molecular weight is 273 g/mol. The lowest BCUT2D eigenvalue weighted by Crippen LogP contribution is -2.02. The second-order valence-electron chi connectivity index (χ2n) is 4.34.